The first kappa shape index (κ1) is 56.4. The Labute approximate surface area is 377 Å². The van der Waals surface area contributed by atoms with Crippen LogP contribution in [0.2, 0.25) is 0 Å². The van der Waals surface area contributed by atoms with E-state index < -0.39 is 14.5 Å². The Morgan fingerprint density at radius 3 is 0.970 bits per heavy atom. The number of hydrogen-bond acceptors (Lipinski definition) is 12. The number of aryl methyl sites for hydroxylation is 2. The van der Waals surface area contributed by atoms with E-state index in [0.29, 0.717) is 140 Å². The highest BCUT2D eigenvalue weighted by atomic mass is 19.5. The lowest BCUT2D eigenvalue weighted by Crippen LogP contribution is -2.44. The number of halogens is 8. The summed E-state index contributed by atoms with van der Waals surface area (Å²) in [6, 6.07) is 22.2. The highest BCUT2D eigenvalue weighted by Gasteiger charge is 2.21. The van der Waals surface area contributed by atoms with Crippen LogP contribution < -0.4 is 28.1 Å². The molecule has 5 rings (SSSR count). The van der Waals surface area contributed by atoms with Crippen molar-refractivity contribution < 1.29 is 101 Å². The molecule has 0 unspecified atom stereocenters. The molecule has 2 aromatic carbocycles. The molecular weight excluding hydrogens is 898 g/mol. The summed E-state index contributed by atoms with van der Waals surface area (Å²) in [7, 11) is -12.0. The van der Waals surface area contributed by atoms with Gasteiger partial charge in [0.15, 0.2) is 47.8 Å². The maximum Gasteiger partial charge on any atom is 0.673 e. The van der Waals surface area contributed by atoms with Crippen LogP contribution in [0, 0.1) is 0 Å². The molecule has 0 saturated carbocycles. The van der Waals surface area contributed by atoms with E-state index in [4.69, 9.17) is 47.4 Å². The van der Waals surface area contributed by atoms with Crippen LogP contribution in [-0.4, -0.2) is 119 Å². The van der Waals surface area contributed by atoms with Gasteiger partial charge >= 0.3 is 26.4 Å². The van der Waals surface area contributed by atoms with Gasteiger partial charge in [-0.25, -0.2) is 9.59 Å². The van der Waals surface area contributed by atoms with E-state index in [9.17, 15) is 44.1 Å². The molecule has 1 aliphatic rings. The fourth-order valence-electron chi connectivity index (χ4n) is 5.09. The van der Waals surface area contributed by atoms with Crippen LogP contribution in [0.4, 0.5) is 34.5 Å². The number of nitrogens with zero attached hydrogens (tertiary/aromatic N) is 2. The molecule has 66 heavy (non-hydrogen) atoms. The van der Waals surface area contributed by atoms with Crippen molar-refractivity contribution in [2.75, 3.05) is 92.5 Å². The van der Waals surface area contributed by atoms with E-state index in [-0.39, 0.29) is 11.9 Å². The van der Waals surface area contributed by atoms with Crippen molar-refractivity contribution >= 4 is 26.4 Å². The lowest BCUT2D eigenvalue weighted by molar-refractivity contribution is -0.778. The third-order valence-electron chi connectivity index (χ3n) is 7.74. The van der Waals surface area contributed by atoms with Gasteiger partial charge in [0.25, 0.3) is 0 Å². The first-order chi connectivity index (χ1) is 31.6. The molecule has 14 nitrogen and oxygen atoms in total. The lowest BCUT2D eigenvalue weighted by Gasteiger charge is -2.14. The Bertz CT molecular complexity index is 1740. The normalized spacial score (nSPS) is 14.4. The van der Waals surface area contributed by atoms with Gasteiger partial charge in [-0.1, -0.05) is 24.3 Å². The van der Waals surface area contributed by atoms with E-state index in [1.54, 1.807) is 38.4 Å². The average molecular weight is 953 g/mol. The number of fused-ring (bicyclic) bond motifs is 2. The quantitative estimate of drug-likeness (QED) is 0.0827. The van der Waals surface area contributed by atoms with Crippen LogP contribution in [0.25, 0.3) is 0 Å². The van der Waals surface area contributed by atoms with E-state index in [1.807, 2.05) is 82.2 Å². The van der Waals surface area contributed by atoms with Crippen molar-refractivity contribution in [2.45, 2.75) is 26.9 Å². The molecule has 0 bridgehead atoms. The summed E-state index contributed by atoms with van der Waals surface area (Å²) in [5, 5.41) is 0. The number of rotatable bonds is 7. The maximum atomic E-state index is 11.8. The first-order valence-corrected chi connectivity index (χ1v) is 20.6. The SMILES string of the molecule is CCOC(=O)c1ccc[n+](CC[n+]2cccc(C(=O)OCC)c2)c1.F[B-](F)(F)F.F[B-](F)(F)F.c1ccc2c(c1)OCCOCCOCCOc1ccccc1OCCOCCOCCO2. The number of benzene rings is 2. The number of aromatic nitrogens is 2. The first-order valence-electron chi connectivity index (χ1n) is 20.6. The molecule has 24 heteroatoms. The molecular formula is C42H54B2F8N2O12. The van der Waals surface area contributed by atoms with Crippen molar-refractivity contribution in [2.24, 2.45) is 0 Å². The number of pyridine rings is 2. The molecule has 0 N–H and O–H groups in total. The molecule has 0 atom stereocenters. The van der Waals surface area contributed by atoms with Crippen LogP contribution in [0.15, 0.2) is 97.6 Å². The standard InChI is InChI=1S/C24H32O8.C18H22N2O4.2BF4/c1-2-6-22-21(5-1)29-17-13-25-9-10-27-15-19-31-23-7-3-4-8-24(23)32-20-16-28-12-11-26-14-18-30-22;1-3-23-17(21)15-7-5-9-19(13-15)11-12-20-10-6-8-16(14-20)18(22)24-4-2;2*2-1(3,4)5/h1-8H,9-20H2;5-10,13-14H,3-4,11-12H2,1-2H3;;/q;+2;2*-1. The topological polar surface area (TPSA) is 134 Å². The zero-order valence-electron chi connectivity index (χ0n) is 36.5. The molecule has 0 aliphatic carbocycles. The summed E-state index contributed by atoms with van der Waals surface area (Å²) in [6.45, 7) is 11.1. The number of hydrogen-bond donors (Lipinski definition) is 0. The number of ether oxygens (including phenoxy) is 10. The monoisotopic (exact) mass is 952 g/mol. The third-order valence-corrected chi connectivity index (χ3v) is 7.74. The van der Waals surface area contributed by atoms with Gasteiger partial charge in [-0.05, 0) is 50.2 Å². The third kappa shape index (κ3) is 29.0. The predicted octanol–water partition coefficient (Wildman–Crippen LogP) is 6.90. The second-order valence-electron chi connectivity index (χ2n) is 12.8. The number of carbonyl (C=O) groups excluding carboxylic acids is 2. The van der Waals surface area contributed by atoms with Gasteiger partial charge in [0.05, 0.1) is 66.1 Å². The maximum absolute atomic E-state index is 11.8. The van der Waals surface area contributed by atoms with Crippen molar-refractivity contribution in [1.82, 2.24) is 0 Å². The molecule has 3 heterocycles. The smallest absolute Gasteiger partial charge is 0.487 e. The highest BCUT2D eigenvalue weighted by Crippen LogP contribution is 2.27. The summed E-state index contributed by atoms with van der Waals surface area (Å²) in [6.07, 6.45) is 7.29. The summed E-state index contributed by atoms with van der Waals surface area (Å²) in [5.74, 6) is 2.07. The van der Waals surface area contributed by atoms with Gasteiger partial charge in [-0.2, -0.15) is 9.13 Å². The Morgan fingerprint density at radius 2 is 0.712 bits per heavy atom. The van der Waals surface area contributed by atoms with Crippen molar-refractivity contribution in [3.05, 3.63) is 109 Å². The number of esters is 2. The fourth-order valence-corrected chi connectivity index (χ4v) is 5.09. The lowest BCUT2D eigenvalue weighted by atomic mass is 10.3. The van der Waals surface area contributed by atoms with Crippen LogP contribution in [-0.2, 0) is 41.5 Å². The fraction of sp³-hybridized carbons (Fsp3) is 0.429. The number of carbonyl (C=O) groups is 2. The molecule has 4 aromatic rings. The second-order valence-corrected chi connectivity index (χ2v) is 12.8. The van der Waals surface area contributed by atoms with E-state index in [1.165, 1.54) is 0 Å². The predicted molar refractivity (Wildman–Crippen MR) is 224 cm³/mol. The average Bonchev–Trinajstić information content (AvgIpc) is 3.27. The Balaban J connectivity index is 0.000000386. The largest absolute Gasteiger partial charge is 0.673 e. The van der Waals surface area contributed by atoms with Gasteiger partial charge < -0.3 is 81.9 Å². The van der Waals surface area contributed by atoms with Crippen LogP contribution in [0.1, 0.15) is 34.6 Å². The minimum atomic E-state index is -6.00. The minimum Gasteiger partial charge on any atom is -0.487 e. The summed E-state index contributed by atoms with van der Waals surface area (Å²) < 4.78 is 137. The van der Waals surface area contributed by atoms with Gasteiger partial charge in [0.2, 0.25) is 13.1 Å². The molecule has 366 valence electrons. The number of para-hydroxylation sites is 4. The van der Waals surface area contributed by atoms with Crippen molar-refractivity contribution in [3.8, 4) is 23.0 Å². The molecule has 1 aliphatic heterocycles. The zero-order chi connectivity index (χ0) is 48.5. The Kier molecular flexibility index (Phi) is 28.1. The van der Waals surface area contributed by atoms with Gasteiger partial charge in [-0.15, -0.1) is 0 Å². The Morgan fingerprint density at radius 1 is 0.455 bits per heavy atom. The summed E-state index contributed by atoms with van der Waals surface area (Å²) in [4.78, 5) is 23.5. The highest BCUT2D eigenvalue weighted by molar-refractivity contribution is 6.50. The van der Waals surface area contributed by atoms with Crippen LogP contribution >= 0.6 is 0 Å². The van der Waals surface area contributed by atoms with Gasteiger partial charge in [0.1, 0.15) is 37.6 Å². The van der Waals surface area contributed by atoms with Crippen molar-refractivity contribution in [3.63, 3.8) is 0 Å². The molecule has 0 radical (unpaired) electrons. The molecule has 0 spiro atoms. The molecule has 0 saturated heterocycles. The van der Waals surface area contributed by atoms with E-state index >= 15 is 0 Å². The summed E-state index contributed by atoms with van der Waals surface area (Å²) in [5.41, 5.74) is 1.04. The molecule has 2 aromatic heterocycles. The minimum absolute atomic E-state index is 0.330. The van der Waals surface area contributed by atoms with Crippen molar-refractivity contribution in [1.29, 1.82) is 0 Å². The van der Waals surface area contributed by atoms with Crippen LogP contribution in [0.5, 0.6) is 23.0 Å². The van der Waals surface area contributed by atoms with E-state index in [2.05, 4.69) is 0 Å². The summed E-state index contributed by atoms with van der Waals surface area (Å²) >= 11 is 0. The molecule has 0 amide bonds. The van der Waals surface area contributed by atoms with Gasteiger partial charge in [-0.3, -0.25) is 0 Å². The van der Waals surface area contributed by atoms with Gasteiger partial charge in [0, 0.05) is 12.1 Å². The molecule has 0 fully saturated rings. The van der Waals surface area contributed by atoms with Crippen LogP contribution in [0.3, 0.4) is 0 Å². The van der Waals surface area contributed by atoms with E-state index in [0.717, 1.165) is 0 Å². The second kappa shape index (κ2) is 32.9. The Hall–Kier alpha value is -5.71. The zero-order valence-corrected chi connectivity index (χ0v) is 36.5.